The van der Waals surface area contributed by atoms with Crippen LogP contribution >= 0.6 is 0 Å². The van der Waals surface area contributed by atoms with Crippen molar-refractivity contribution in [3.05, 3.63) is 23.8 Å². The van der Waals surface area contributed by atoms with Gasteiger partial charge >= 0.3 is 5.97 Å². The third-order valence-electron chi connectivity index (χ3n) is 2.41. The van der Waals surface area contributed by atoms with Crippen LogP contribution in [0.25, 0.3) is 0 Å². The number of rotatable bonds is 3. The second-order valence-corrected chi connectivity index (χ2v) is 3.79. The minimum absolute atomic E-state index is 0.242. The van der Waals surface area contributed by atoms with E-state index in [0.29, 0.717) is 11.4 Å². The summed E-state index contributed by atoms with van der Waals surface area (Å²) in [5.41, 5.74) is 6.95. The fourth-order valence-electron chi connectivity index (χ4n) is 1.31. The maximum Gasteiger partial charge on any atom is 0.337 e. The Kier molecular flexibility index (Phi) is 3.19. The zero-order valence-corrected chi connectivity index (χ0v) is 9.19. The average Bonchev–Trinajstić information content (AvgIpc) is 2.16. The predicted octanol–water partition coefficient (Wildman–Crippen LogP) is 1.81. The van der Waals surface area contributed by atoms with Crippen LogP contribution in [-0.2, 0) is 0 Å². The van der Waals surface area contributed by atoms with Crippen LogP contribution in [-0.4, -0.2) is 24.2 Å². The Bertz CT molecular complexity index is 375. The number of benzene rings is 1. The summed E-state index contributed by atoms with van der Waals surface area (Å²) in [6, 6.07) is 5.17. The standard InChI is InChI=1S/C11H16N2O2/c1-7(2)13(3)10-5-4-8(12)6-9(10)11(14)15/h4-7H,12H2,1-3H3,(H,14,15). The highest BCUT2D eigenvalue weighted by molar-refractivity contribution is 5.95. The third kappa shape index (κ3) is 2.40. The molecule has 82 valence electrons. The average molecular weight is 208 g/mol. The first-order valence-electron chi connectivity index (χ1n) is 4.79. The number of aromatic carboxylic acids is 1. The molecule has 1 rings (SSSR count). The first-order valence-corrected chi connectivity index (χ1v) is 4.79. The van der Waals surface area contributed by atoms with E-state index in [0.717, 1.165) is 0 Å². The highest BCUT2D eigenvalue weighted by Crippen LogP contribution is 2.23. The lowest BCUT2D eigenvalue weighted by Gasteiger charge is -2.25. The van der Waals surface area contributed by atoms with Crippen molar-refractivity contribution in [2.75, 3.05) is 17.7 Å². The molecule has 0 radical (unpaired) electrons. The molecule has 0 saturated heterocycles. The number of hydrogen-bond donors (Lipinski definition) is 2. The van der Waals surface area contributed by atoms with Crippen LogP contribution in [0.15, 0.2) is 18.2 Å². The van der Waals surface area contributed by atoms with Crippen molar-refractivity contribution >= 4 is 17.3 Å². The van der Waals surface area contributed by atoms with Gasteiger partial charge in [-0.25, -0.2) is 4.79 Å². The van der Waals surface area contributed by atoms with Gasteiger partial charge in [-0.1, -0.05) is 0 Å². The Morgan fingerprint density at radius 1 is 1.47 bits per heavy atom. The number of nitrogen functional groups attached to an aromatic ring is 1. The zero-order valence-electron chi connectivity index (χ0n) is 9.19. The van der Waals surface area contributed by atoms with Gasteiger partial charge in [0.1, 0.15) is 0 Å². The Hall–Kier alpha value is -1.71. The normalized spacial score (nSPS) is 10.4. The molecule has 1 aromatic carbocycles. The van der Waals surface area contributed by atoms with E-state index in [1.165, 1.54) is 6.07 Å². The largest absolute Gasteiger partial charge is 0.478 e. The SMILES string of the molecule is CC(C)N(C)c1ccc(N)cc1C(=O)O. The lowest BCUT2D eigenvalue weighted by atomic mass is 10.1. The van der Waals surface area contributed by atoms with E-state index in [1.54, 1.807) is 12.1 Å². The molecule has 0 heterocycles. The lowest BCUT2D eigenvalue weighted by molar-refractivity contribution is 0.0697. The molecule has 4 heteroatoms. The van der Waals surface area contributed by atoms with E-state index in [1.807, 2.05) is 25.8 Å². The van der Waals surface area contributed by atoms with E-state index < -0.39 is 5.97 Å². The Morgan fingerprint density at radius 2 is 2.07 bits per heavy atom. The van der Waals surface area contributed by atoms with Crippen LogP contribution in [0.3, 0.4) is 0 Å². The number of hydrogen-bond acceptors (Lipinski definition) is 3. The summed E-state index contributed by atoms with van der Waals surface area (Å²) in [7, 11) is 1.86. The molecular weight excluding hydrogens is 192 g/mol. The van der Waals surface area contributed by atoms with Gasteiger partial charge in [0.05, 0.1) is 11.3 Å². The number of anilines is 2. The molecule has 0 fully saturated rings. The summed E-state index contributed by atoms with van der Waals surface area (Å²) in [5, 5.41) is 9.04. The van der Waals surface area contributed by atoms with Crippen LogP contribution in [0.5, 0.6) is 0 Å². The van der Waals surface area contributed by atoms with Gasteiger partial charge in [0.25, 0.3) is 0 Å². The summed E-state index contributed by atoms with van der Waals surface area (Å²) < 4.78 is 0. The second-order valence-electron chi connectivity index (χ2n) is 3.79. The smallest absolute Gasteiger partial charge is 0.337 e. The fraction of sp³-hybridized carbons (Fsp3) is 0.364. The van der Waals surface area contributed by atoms with E-state index in [-0.39, 0.29) is 11.6 Å². The number of carboxylic acid groups (broad SMARTS) is 1. The molecule has 1 aromatic rings. The summed E-state index contributed by atoms with van der Waals surface area (Å²) in [6.07, 6.45) is 0. The highest BCUT2D eigenvalue weighted by Gasteiger charge is 2.15. The van der Waals surface area contributed by atoms with E-state index in [4.69, 9.17) is 10.8 Å². The lowest BCUT2D eigenvalue weighted by Crippen LogP contribution is -2.27. The molecule has 4 nitrogen and oxygen atoms in total. The molecule has 0 bridgehead atoms. The molecule has 0 aliphatic heterocycles. The molecule has 15 heavy (non-hydrogen) atoms. The van der Waals surface area contributed by atoms with Crippen molar-refractivity contribution in [1.29, 1.82) is 0 Å². The third-order valence-corrected chi connectivity index (χ3v) is 2.41. The van der Waals surface area contributed by atoms with E-state index in [2.05, 4.69) is 0 Å². The number of carboxylic acids is 1. The molecule has 3 N–H and O–H groups in total. The number of nitrogens with zero attached hydrogens (tertiary/aromatic N) is 1. The maximum atomic E-state index is 11.0. The van der Waals surface area contributed by atoms with E-state index >= 15 is 0 Å². The monoisotopic (exact) mass is 208 g/mol. The summed E-state index contributed by atoms with van der Waals surface area (Å²) in [6.45, 7) is 4.00. The highest BCUT2D eigenvalue weighted by atomic mass is 16.4. The van der Waals surface area contributed by atoms with Gasteiger partial charge < -0.3 is 15.7 Å². The van der Waals surface area contributed by atoms with Gasteiger partial charge in [-0.15, -0.1) is 0 Å². The van der Waals surface area contributed by atoms with Crippen LogP contribution in [0.2, 0.25) is 0 Å². The van der Waals surface area contributed by atoms with Crippen LogP contribution in [0, 0.1) is 0 Å². The molecule has 0 atom stereocenters. The van der Waals surface area contributed by atoms with Crippen LogP contribution in [0.4, 0.5) is 11.4 Å². The van der Waals surface area contributed by atoms with Gasteiger partial charge in [-0.3, -0.25) is 0 Å². The molecule has 0 amide bonds. The predicted molar refractivity (Wildman–Crippen MR) is 61.4 cm³/mol. The summed E-state index contributed by atoms with van der Waals surface area (Å²) in [5.74, 6) is -0.954. The molecule has 0 aliphatic carbocycles. The van der Waals surface area contributed by atoms with Gasteiger partial charge in [-0.05, 0) is 32.0 Å². The van der Waals surface area contributed by atoms with Crippen molar-refractivity contribution in [2.45, 2.75) is 19.9 Å². The molecular formula is C11H16N2O2. The summed E-state index contributed by atoms with van der Waals surface area (Å²) in [4.78, 5) is 12.9. The fourth-order valence-corrected chi connectivity index (χ4v) is 1.31. The van der Waals surface area contributed by atoms with Gasteiger partial charge in [-0.2, -0.15) is 0 Å². The first kappa shape index (κ1) is 11.4. The first-order chi connectivity index (χ1) is 6.93. The quantitative estimate of drug-likeness (QED) is 0.743. The van der Waals surface area contributed by atoms with Crippen LogP contribution < -0.4 is 10.6 Å². The minimum Gasteiger partial charge on any atom is -0.478 e. The van der Waals surface area contributed by atoms with Crippen LogP contribution in [0.1, 0.15) is 24.2 Å². The summed E-state index contributed by atoms with van der Waals surface area (Å²) >= 11 is 0. The van der Waals surface area contributed by atoms with Crippen molar-refractivity contribution in [3.63, 3.8) is 0 Å². The zero-order chi connectivity index (χ0) is 11.6. The Morgan fingerprint density at radius 3 is 2.53 bits per heavy atom. The maximum absolute atomic E-state index is 11.0. The van der Waals surface area contributed by atoms with Crippen molar-refractivity contribution in [3.8, 4) is 0 Å². The van der Waals surface area contributed by atoms with Crippen molar-refractivity contribution < 1.29 is 9.90 Å². The Labute approximate surface area is 89.3 Å². The second kappa shape index (κ2) is 4.21. The molecule has 0 aromatic heterocycles. The number of carbonyl (C=O) groups is 1. The topological polar surface area (TPSA) is 66.6 Å². The van der Waals surface area contributed by atoms with Gasteiger partial charge in [0.2, 0.25) is 0 Å². The van der Waals surface area contributed by atoms with E-state index in [9.17, 15) is 4.79 Å². The molecule has 0 aliphatic rings. The molecule has 0 saturated carbocycles. The molecule has 0 spiro atoms. The molecule has 0 unspecified atom stereocenters. The van der Waals surface area contributed by atoms with Crippen molar-refractivity contribution in [2.24, 2.45) is 0 Å². The minimum atomic E-state index is -0.954. The van der Waals surface area contributed by atoms with Crippen molar-refractivity contribution in [1.82, 2.24) is 0 Å². The van der Waals surface area contributed by atoms with Gasteiger partial charge in [0.15, 0.2) is 0 Å². The number of nitrogens with two attached hydrogens (primary N) is 1. The van der Waals surface area contributed by atoms with Gasteiger partial charge in [0, 0.05) is 18.8 Å². The Balaban J connectivity index is 3.22.